The molecule has 1 saturated heterocycles. The number of aromatic nitrogens is 5. The number of alkyl halides is 1. The van der Waals surface area contributed by atoms with Crippen molar-refractivity contribution in [1.82, 2.24) is 29.9 Å². The summed E-state index contributed by atoms with van der Waals surface area (Å²) in [5, 5.41) is 23.8. The molecule has 2 N–H and O–H groups in total. The van der Waals surface area contributed by atoms with Gasteiger partial charge in [-0.1, -0.05) is 18.7 Å². The Morgan fingerprint density at radius 2 is 2.12 bits per heavy atom. The van der Waals surface area contributed by atoms with Gasteiger partial charge in [0.1, 0.15) is 11.9 Å². The molecule has 4 heterocycles. The smallest absolute Gasteiger partial charge is 0.246 e. The molecule has 32 heavy (non-hydrogen) atoms. The van der Waals surface area contributed by atoms with E-state index in [1.165, 1.54) is 11.0 Å². The normalized spacial score (nSPS) is 18.4. The lowest BCUT2D eigenvalue weighted by atomic mass is 9.95. The summed E-state index contributed by atoms with van der Waals surface area (Å²) >= 11 is 0. The number of carbonyl (C=O) groups excluding carboxylic acids is 1. The van der Waals surface area contributed by atoms with E-state index in [1.54, 1.807) is 29.1 Å². The minimum atomic E-state index is -1.24. The van der Waals surface area contributed by atoms with Gasteiger partial charge < -0.3 is 15.0 Å². The molecule has 9 heteroatoms. The molecule has 3 aromatic heterocycles. The fourth-order valence-corrected chi connectivity index (χ4v) is 4.32. The Morgan fingerprint density at radius 3 is 2.84 bits per heavy atom. The van der Waals surface area contributed by atoms with Gasteiger partial charge in [0.2, 0.25) is 5.91 Å². The predicted molar refractivity (Wildman–Crippen MR) is 118 cm³/mol. The molecule has 162 valence electrons. The maximum atomic E-state index is 15.1. The Hall–Kier alpha value is -4.01. The number of hydrogen-bond donors (Lipinski definition) is 2. The van der Waals surface area contributed by atoms with Gasteiger partial charge in [0.15, 0.2) is 5.65 Å². The Bertz CT molecular complexity index is 1340. The summed E-state index contributed by atoms with van der Waals surface area (Å²) in [7, 11) is 1.81. The summed E-state index contributed by atoms with van der Waals surface area (Å²) in [6, 6.07) is 8.72. The molecule has 0 bridgehead atoms. The van der Waals surface area contributed by atoms with Crippen LogP contribution in [0.15, 0.2) is 55.4 Å². The first kappa shape index (κ1) is 19.9. The van der Waals surface area contributed by atoms with E-state index >= 15 is 4.39 Å². The number of rotatable bonds is 4. The van der Waals surface area contributed by atoms with Crippen LogP contribution in [0.2, 0.25) is 0 Å². The lowest BCUT2D eigenvalue weighted by Gasteiger charge is -2.14. The van der Waals surface area contributed by atoms with Gasteiger partial charge in [-0.25, -0.2) is 4.39 Å². The van der Waals surface area contributed by atoms with Crippen LogP contribution in [-0.2, 0) is 11.8 Å². The number of H-pyrrole nitrogens is 1. The maximum absolute atomic E-state index is 15.1. The highest BCUT2D eigenvalue weighted by molar-refractivity contribution is 5.97. The molecule has 1 aliphatic heterocycles. The summed E-state index contributed by atoms with van der Waals surface area (Å²) in [6.45, 7) is 3.74. The summed E-state index contributed by atoms with van der Waals surface area (Å²) in [4.78, 5) is 16.8. The van der Waals surface area contributed by atoms with Crippen LogP contribution in [0.25, 0.3) is 33.4 Å². The highest BCUT2D eigenvalue weighted by Gasteiger charge is 2.38. The van der Waals surface area contributed by atoms with Crippen LogP contribution in [-0.4, -0.2) is 60.1 Å². The quantitative estimate of drug-likeness (QED) is 0.483. The maximum Gasteiger partial charge on any atom is 0.246 e. The number of benzene rings is 1. The number of fused-ring (bicyclic) bond motifs is 1. The van der Waals surface area contributed by atoms with Crippen molar-refractivity contribution in [3.63, 3.8) is 0 Å². The minimum absolute atomic E-state index is 0.00613. The number of carbonyl (C=O) groups is 1. The van der Waals surface area contributed by atoms with E-state index < -0.39 is 12.1 Å². The second kappa shape index (κ2) is 7.60. The SMILES string of the molecule is C=CC(=O)N1C[C@@H](F)[C@H](c2[nH]c3nnc(-c4ccccc4O)cc3c2-c2cnn(C)c2)C1. The van der Waals surface area contributed by atoms with Gasteiger partial charge in [0, 0.05) is 47.6 Å². The first-order valence-corrected chi connectivity index (χ1v) is 10.2. The van der Waals surface area contributed by atoms with Crippen molar-refractivity contribution in [2.24, 2.45) is 7.05 Å². The number of halogens is 1. The summed E-state index contributed by atoms with van der Waals surface area (Å²) in [5.74, 6) is -0.759. The largest absolute Gasteiger partial charge is 0.507 e. The number of likely N-dealkylation sites (tertiary alicyclic amines) is 1. The topological polar surface area (TPSA) is 99.9 Å². The van der Waals surface area contributed by atoms with Crippen molar-refractivity contribution >= 4 is 16.9 Å². The van der Waals surface area contributed by atoms with Crippen molar-refractivity contribution < 1.29 is 14.3 Å². The van der Waals surface area contributed by atoms with Crippen molar-refractivity contribution in [2.45, 2.75) is 12.1 Å². The Kier molecular flexibility index (Phi) is 4.73. The number of aromatic amines is 1. The molecule has 1 fully saturated rings. The summed E-state index contributed by atoms with van der Waals surface area (Å²) in [5.41, 5.74) is 3.75. The molecule has 0 aliphatic carbocycles. The van der Waals surface area contributed by atoms with E-state index in [4.69, 9.17) is 0 Å². The van der Waals surface area contributed by atoms with Crippen molar-refractivity contribution in [1.29, 1.82) is 0 Å². The molecule has 4 aromatic rings. The lowest BCUT2D eigenvalue weighted by molar-refractivity contribution is -0.125. The molecular formula is C23H21FN6O2. The van der Waals surface area contributed by atoms with Crippen LogP contribution in [0, 0.1) is 0 Å². The van der Waals surface area contributed by atoms with E-state index in [0.29, 0.717) is 22.6 Å². The number of aromatic hydroxyl groups is 1. The monoisotopic (exact) mass is 432 g/mol. The highest BCUT2D eigenvalue weighted by atomic mass is 19.1. The molecule has 2 atom stereocenters. The van der Waals surface area contributed by atoms with Gasteiger partial charge in [-0.05, 0) is 24.3 Å². The van der Waals surface area contributed by atoms with E-state index in [1.807, 2.05) is 25.4 Å². The Morgan fingerprint density at radius 1 is 1.31 bits per heavy atom. The Labute approximate surface area is 183 Å². The zero-order valence-corrected chi connectivity index (χ0v) is 17.4. The molecule has 0 radical (unpaired) electrons. The van der Waals surface area contributed by atoms with Gasteiger partial charge >= 0.3 is 0 Å². The standard InChI is InChI=1S/C23H21FN6O2/c1-3-20(32)30-11-16(17(24)12-30)22-21(13-9-25-29(2)10-13)15-8-18(27-28-23(15)26-22)14-6-4-5-7-19(14)31/h3-10,16-17,31H,1,11-12H2,2H3,(H,26,28)/t16-,17-/m1/s1. The predicted octanol–water partition coefficient (Wildman–Crippen LogP) is 3.18. The molecule has 0 spiro atoms. The lowest BCUT2D eigenvalue weighted by Crippen LogP contribution is -2.27. The molecule has 1 aliphatic rings. The first-order valence-electron chi connectivity index (χ1n) is 10.2. The third-order valence-electron chi connectivity index (χ3n) is 5.86. The van der Waals surface area contributed by atoms with Crippen LogP contribution in [0.3, 0.4) is 0 Å². The molecule has 1 amide bonds. The average Bonchev–Trinajstić information content (AvgIpc) is 3.49. The Balaban J connectivity index is 1.69. The third-order valence-corrected chi connectivity index (χ3v) is 5.86. The van der Waals surface area contributed by atoms with Crippen LogP contribution in [0.4, 0.5) is 4.39 Å². The average molecular weight is 432 g/mol. The van der Waals surface area contributed by atoms with E-state index in [0.717, 1.165) is 16.5 Å². The number of hydrogen-bond acceptors (Lipinski definition) is 5. The highest BCUT2D eigenvalue weighted by Crippen LogP contribution is 2.41. The second-order valence-electron chi connectivity index (χ2n) is 7.90. The van der Waals surface area contributed by atoms with Crippen molar-refractivity contribution in [2.75, 3.05) is 13.1 Å². The van der Waals surface area contributed by atoms with Crippen LogP contribution in [0.5, 0.6) is 5.75 Å². The number of nitrogens with one attached hydrogen (secondary N) is 1. The van der Waals surface area contributed by atoms with Crippen molar-refractivity contribution in [3.8, 4) is 28.1 Å². The number of para-hydroxylation sites is 1. The number of phenolic OH excluding ortho intramolecular Hbond substituents is 1. The van der Waals surface area contributed by atoms with E-state index in [-0.39, 0.29) is 24.7 Å². The minimum Gasteiger partial charge on any atom is -0.507 e. The first-order chi connectivity index (χ1) is 15.5. The van der Waals surface area contributed by atoms with Gasteiger partial charge in [0.05, 0.1) is 24.4 Å². The number of aryl methyl sites for hydroxylation is 1. The molecular weight excluding hydrogens is 411 g/mol. The third kappa shape index (κ3) is 3.22. The fraction of sp³-hybridized carbons (Fsp3) is 0.217. The van der Waals surface area contributed by atoms with Gasteiger partial charge in [0.25, 0.3) is 0 Å². The van der Waals surface area contributed by atoms with Gasteiger partial charge in [-0.3, -0.25) is 9.48 Å². The van der Waals surface area contributed by atoms with Gasteiger partial charge in [-0.2, -0.15) is 5.10 Å². The van der Waals surface area contributed by atoms with Gasteiger partial charge in [-0.15, -0.1) is 10.2 Å². The zero-order valence-electron chi connectivity index (χ0n) is 17.4. The molecule has 1 aromatic carbocycles. The van der Waals surface area contributed by atoms with E-state index in [9.17, 15) is 9.90 Å². The zero-order chi connectivity index (χ0) is 22.4. The molecule has 5 rings (SSSR count). The number of nitrogens with zero attached hydrogens (tertiary/aromatic N) is 5. The van der Waals surface area contributed by atoms with E-state index in [2.05, 4.69) is 26.9 Å². The molecule has 0 unspecified atom stereocenters. The fourth-order valence-electron chi connectivity index (χ4n) is 4.32. The van der Waals surface area contributed by atoms with Crippen LogP contribution < -0.4 is 0 Å². The number of phenols is 1. The van der Waals surface area contributed by atoms with Crippen molar-refractivity contribution in [3.05, 3.63) is 61.1 Å². The summed E-state index contributed by atoms with van der Waals surface area (Å²) < 4.78 is 16.8. The van der Waals surface area contributed by atoms with Crippen LogP contribution in [0.1, 0.15) is 11.6 Å². The molecule has 8 nitrogen and oxygen atoms in total. The second-order valence-corrected chi connectivity index (χ2v) is 7.90. The number of amides is 1. The van der Waals surface area contributed by atoms with Crippen LogP contribution >= 0.6 is 0 Å². The summed E-state index contributed by atoms with van der Waals surface area (Å²) in [6.07, 6.45) is 3.52. The molecule has 0 saturated carbocycles.